The summed E-state index contributed by atoms with van der Waals surface area (Å²) in [5.74, 6) is -0.628. The van der Waals surface area contributed by atoms with E-state index in [-0.39, 0.29) is 12.2 Å². The highest BCUT2D eigenvalue weighted by molar-refractivity contribution is 7.20. The molecule has 1 aromatic heterocycles. The average Bonchev–Trinajstić information content (AvgIpc) is 2.82. The van der Waals surface area contributed by atoms with E-state index in [9.17, 15) is 9.18 Å². The molecule has 3 rings (SSSR count). The molecule has 106 valence electrons. The van der Waals surface area contributed by atoms with E-state index < -0.39 is 5.97 Å². The maximum atomic E-state index is 13.1. The van der Waals surface area contributed by atoms with E-state index in [0.717, 1.165) is 0 Å². The van der Waals surface area contributed by atoms with E-state index in [1.165, 1.54) is 23.5 Å². The third kappa shape index (κ3) is 3.17. The molecule has 1 heterocycles. The van der Waals surface area contributed by atoms with Gasteiger partial charge < -0.3 is 9.84 Å². The summed E-state index contributed by atoms with van der Waals surface area (Å²) in [6.07, 6.45) is -0.0271. The van der Waals surface area contributed by atoms with Crippen molar-refractivity contribution in [3.63, 3.8) is 0 Å². The Kier molecular flexibility index (Phi) is 3.53. The number of aromatic nitrogens is 1. The molecule has 21 heavy (non-hydrogen) atoms. The summed E-state index contributed by atoms with van der Waals surface area (Å²) in [6.45, 7) is 0. The number of hydrogen-bond acceptors (Lipinski definition) is 4. The Balaban J connectivity index is 1.79. The fourth-order valence-corrected chi connectivity index (χ4v) is 2.73. The number of carboxylic acids is 1. The first-order valence-electron chi connectivity index (χ1n) is 6.15. The molecule has 0 bridgehead atoms. The molecule has 3 aromatic rings. The minimum Gasteiger partial charge on any atom is -0.481 e. The van der Waals surface area contributed by atoms with Crippen molar-refractivity contribution in [1.29, 1.82) is 0 Å². The molecule has 2 aromatic carbocycles. The largest absolute Gasteiger partial charge is 0.481 e. The Bertz CT molecular complexity index is 798. The van der Waals surface area contributed by atoms with Crippen LogP contribution in [0.3, 0.4) is 0 Å². The average molecular weight is 303 g/mol. The first kappa shape index (κ1) is 13.5. The maximum Gasteiger partial charge on any atom is 0.307 e. The van der Waals surface area contributed by atoms with Crippen LogP contribution in [0.15, 0.2) is 42.5 Å². The molecule has 0 amide bonds. The van der Waals surface area contributed by atoms with Gasteiger partial charge in [0.15, 0.2) is 0 Å². The lowest BCUT2D eigenvalue weighted by atomic mass is 10.1. The molecule has 0 aliphatic rings. The number of aliphatic carboxylic acids is 1. The van der Waals surface area contributed by atoms with Crippen molar-refractivity contribution >= 4 is 27.5 Å². The molecule has 0 fully saturated rings. The van der Waals surface area contributed by atoms with Crippen molar-refractivity contribution in [3.8, 4) is 10.9 Å². The number of fused-ring (bicyclic) bond motifs is 1. The van der Waals surface area contributed by atoms with Gasteiger partial charge in [0.1, 0.15) is 11.6 Å². The standard InChI is InChI=1S/C15H10FNO3S/c16-10-3-6-12-13(8-10)21-15(17-12)20-11-4-1-9(2-5-11)7-14(18)19/h1-6,8H,7H2,(H,18,19). The van der Waals surface area contributed by atoms with Gasteiger partial charge in [-0.1, -0.05) is 23.5 Å². The fraction of sp³-hybridized carbons (Fsp3) is 0.0667. The van der Waals surface area contributed by atoms with Crippen LogP contribution in [0.2, 0.25) is 0 Å². The van der Waals surface area contributed by atoms with Gasteiger partial charge in [-0.25, -0.2) is 9.37 Å². The molecule has 0 aliphatic carbocycles. The maximum absolute atomic E-state index is 13.1. The van der Waals surface area contributed by atoms with Gasteiger partial charge in [0.25, 0.3) is 5.19 Å². The number of halogens is 1. The van der Waals surface area contributed by atoms with Crippen LogP contribution in [0.5, 0.6) is 10.9 Å². The molecule has 6 heteroatoms. The van der Waals surface area contributed by atoms with Gasteiger partial charge in [0, 0.05) is 0 Å². The SMILES string of the molecule is O=C(O)Cc1ccc(Oc2nc3ccc(F)cc3s2)cc1. The molecule has 0 atom stereocenters. The van der Waals surface area contributed by atoms with E-state index in [1.807, 2.05) is 0 Å². The number of ether oxygens (including phenoxy) is 1. The van der Waals surface area contributed by atoms with E-state index in [4.69, 9.17) is 9.84 Å². The van der Waals surface area contributed by atoms with Gasteiger partial charge in [0.05, 0.1) is 16.6 Å². The minimum absolute atomic E-state index is 0.0271. The first-order valence-corrected chi connectivity index (χ1v) is 6.96. The minimum atomic E-state index is -0.878. The van der Waals surface area contributed by atoms with Crippen molar-refractivity contribution in [2.75, 3.05) is 0 Å². The van der Waals surface area contributed by atoms with Crippen LogP contribution in [-0.2, 0) is 11.2 Å². The van der Waals surface area contributed by atoms with Gasteiger partial charge in [0.2, 0.25) is 0 Å². The van der Waals surface area contributed by atoms with Crippen LogP contribution >= 0.6 is 11.3 Å². The fourth-order valence-electron chi connectivity index (χ4n) is 1.87. The quantitative estimate of drug-likeness (QED) is 0.795. The van der Waals surface area contributed by atoms with Crippen molar-refractivity contribution in [3.05, 3.63) is 53.8 Å². The monoisotopic (exact) mass is 303 g/mol. The van der Waals surface area contributed by atoms with Crippen molar-refractivity contribution in [2.45, 2.75) is 6.42 Å². The number of thiazole rings is 1. The van der Waals surface area contributed by atoms with Crippen LogP contribution in [0, 0.1) is 5.82 Å². The van der Waals surface area contributed by atoms with Crippen molar-refractivity contribution in [2.24, 2.45) is 0 Å². The number of nitrogens with zero attached hydrogens (tertiary/aromatic N) is 1. The molecular weight excluding hydrogens is 293 g/mol. The Hall–Kier alpha value is -2.47. The molecular formula is C15H10FNO3S. The Labute approximate surface area is 123 Å². The summed E-state index contributed by atoms with van der Waals surface area (Å²) in [6, 6.07) is 11.1. The number of carbonyl (C=O) groups is 1. The third-order valence-corrected chi connectivity index (χ3v) is 3.71. The second-order valence-electron chi connectivity index (χ2n) is 4.41. The molecule has 0 unspecified atom stereocenters. The summed E-state index contributed by atoms with van der Waals surface area (Å²) in [7, 11) is 0. The molecule has 0 spiro atoms. The van der Waals surface area contributed by atoms with Gasteiger partial charge in [-0.05, 0) is 35.9 Å². The zero-order valence-corrected chi connectivity index (χ0v) is 11.6. The Morgan fingerprint density at radius 2 is 2.00 bits per heavy atom. The highest BCUT2D eigenvalue weighted by atomic mass is 32.1. The predicted octanol–water partition coefficient (Wildman–Crippen LogP) is 3.85. The highest BCUT2D eigenvalue weighted by Crippen LogP contribution is 2.31. The third-order valence-electron chi connectivity index (χ3n) is 2.81. The van der Waals surface area contributed by atoms with E-state index in [1.54, 1.807) is 30.3 Å². The zero-order valence-electron chi connectivity index (χ0n) is 10.7. The molecule has 1 N–H and O–H groups in total. The van der Waals surface area contributed by atoms with Gasteiger partial charge in [-0.15, -0.1) is 0 Å². The lowest BCUT2D eigenvalue weighted by Gasteiger charge is -2.02. The molecule has 0 radical (unpaired) electrons. The summed E-state index contributed by atoms with van der Waals surface area (Å²) in [4.78, 5) is 14.9. The van der Waals surface area contributed by atoms with Gasteiger partial charge in [-0.2, -0.15) is 0 Å². The first-order chi connectivity index (χ1) is 10.1. The van der Waals surface area contributed by atoms with Crippen molar-refractivity contribution in [1.82, 2.24) is 4.98 Å². The number of benzene rings is 2. The van der Waals surface area contributed by atoms with E-state index in [0.29, 0.717) is 26.7 Å². The summed E-state index contributed by atoms with van der Waals surface area (Å²) >= 11 is 1.25. The Morgan fingerprint density at radius 1 is 1.24 bits per heavy atom. The predicted molar refractivity (Wildman–Crippen MR) is 77.4 cm³/mol. The Morgan fingerprint density at radius 3 is 2.71 bits per heavy atom. The molecule has 0 aliphatic heterocycles. The lowest BCUT2D eigenvalue weighted by Crippen LogP contribution is -1.99. The molecule has 0 saturated heterocycles. The van der Waals surface area contributed by atoms with Crippen molar-refractivity contribution < 1.29 is 19.0 Å². The van der Waals surface area contributed by atoms with Crippen LogP contribution in [0.4, 0.5) is 4.39 Å². The van der Waals surface area contributed by atoms with Gasteiger partial charge >= 0.3 is 5.97 Å². The second-order valence-corrected chi connectivity index (χ2v) is 5.40. The smallest absolute Gasteiger partial charge is 0.307 e. The van der Waals surface area contributed by atoms with E-state index >= 15 is 0 Å². The lowest BCUT2D eigenvalue weighted by molar-refractivity contribution is -0.136. The zero-order chi connectivity index (χ0) is 14.8. The molecule has 4 nitrogen and oxygen atoms in total. The van der Waals surface area contributed by atoms with Crippen LogP contribution in [0.1, 0.15) is 5.56 Å². The van der Waals surface area contributed by atoms with Crippen LogP contribution in [-0.4, -0.2) is 16.1 Å². The number of hydrogen-bond donors (Lipinski definition) is 1. The summed E-state index contributed by atoms with van der Waals surface area (Å²) in [5, 5.41) is 9.12. The second kappa shape index (κ2) is 5.49. The van der Waals surface area contributed by atoms with E-state index in [2.05, 4.69) is 4.98 Å². The highest BCUT2D eigenvalue weighted by Gasteiger charge is 2.07. The number of rotatable bonds is 4. The van der Waals surface area contributed by atoms with Gasteiger partial charge in [-0.3, -0.25) is 4.79 Å². The van der Waals surface area contributed by atoms with Crippen LogP contribution in [0.25, 0.3) is 10.2 Å². The number of carboxylic acid groups (broad SMARTS) is 1. The summed E-state index contributed by atoms with van der Waals surface area (Å²) < 4.78 is 19.4. The normalized spacial score (nSPS) is 10.7. The van der Waals surface area contributed by atoms with Crippen LogP contribution < -0.4 is 4.74 Å². The topological polar surface area (TPSA) is 59.4 Å². The summed E-state index contributed by atoms with van der Waals surface area (Å²) in [5.41, 5.74) is 1.38. The molecule has 0 saturated carbocycles.